The number of nitrogens with one attached hydrogen (secondary N) is 1. The molecule has 1 amide bonds. The van der Waals surface area contributed by atoms with Crippen LogP contribution in [0, 0.1) is 0 Å². The van der Waals surface area contributed by atoms with Gasteiger partial charge in [-0.2, -0.15) is 0 Å². The van der Waals surface area contributed by atoms with E-state index in [1.54, 1.807) is 11.6 Å². The molecule has 0 saturated heterocycles. The summed E-state index contributed by atoms with van der Waals surface area (Å²) in [6.07, 6.45) is 0.316. The third-order valence-corrected chi connectivity index (χ3v) is 5.17. The molecule has 0 radical (unpaired) electrons. The number of methoxy groups -OCH3 is 1. The average molecular weight is 344 g/mol. The van der Waals surface area contributed by atoms with Crippen LogP contribution in [0.15, 0.2) is 23.2 Å². The Balaban J connectivity index is 2.66. The van der Waals surface area contributed by atoms with E-state index in [9.17, 15) is 18.0 Å². The van der Waals surface area contributed by atoms with E-state index in [0.29, 0.717) is 4.83 Å². The molecule has 0 aliphatic heterocycles. The van der Waals surface area contributed by atoms with Gasteiger partial charge in [-0.05, 0) is 19.1 Å². The van der Waals surface area contributed by atoms with Gasteiger partial charge in [0.25, 0.3) is 10.0 Å². The van der Waals surface area contributed by atoms with Crippen molar-refractivity contribution in [3.05, 3.63) is 23.2 Å². The van der Waals surface area contributed by atoms with Gasteiger partial charge in [0.05, 0.1) is 13.7 Å². The van der Waals surface area contributed by atoms with Gasteiger partial charge in [-0.15, -0.1) is 11.3 Å². The molecule has 0 fully saturated rings. The van der Waals surface area contributed by atoms with Crippen molar-refractivity contribution in [2.45, 2.75) is 11.8 Å². The molecular formula is C12H12N2O6S2. The summed E-state index contributed by atoms with van der Waals surface area (Å²) < 4.78 is 35.6. The van der Waals surface area contributed by atoms with Crippen LogP contribution in [0.5, 0.6) is 0 Å². The second kappa shape index (κ2) is 6.28. The van der Waals surface area contributed by atoms with Crippen LogP contribution in [0.25, 0.3) is 10.2 Å². The Labute approximate surface area is 130 Å². The zero-order valence-electron chi connectivity index (χ0n) is 11.7. The van der Waals surface area contributed by atoms with Crippen LogP contribution in [0.1, 0.15) is 16.6 Å². The molecule has 0 spiro atoms. The minimum absolute atomic E-state index is 0.0877. The monoisotopic (exact) mass is 344 g/mol. The minimum atomic E-state index is -4.30. The lowest BCUT2D eigenvalue weighted by Crippen LogP contribution is -2.31. The Morgan fingerprint density at radius 3 is 2.77 bits per heavy atom. The maximum Gasteiger partial charge on any atom is 0.420 e. The van der Waals surface area contributed by atoms with E-state index in [1.165, 1.54) is 18.3 Å². The molecule has 8 nitrogen and oxygen atoms in total. The van der Waals surface area contributed by atoms with Crippen molar-refractivity contribution in [1.82, 2.24) is 9.71 Å². The van der Waals surface area contributed by atoms with Crippen molar-refractivity contribution in [2.24, 2.45) is 0 Å². The van der Waals surface area contributed by atoms with Crippen LogP contribution in [-0.4, -0.2) is 39.2 Å². The highest BCUT2D eigenvalue weighted by molar-refractivity contribution is 7.90. The minimum Gasteiger partial charge on any atom is -0.462 e. The number of carbonyl (C=O) groups excluding carboxylic acids is 2. The van der Waals surface area contributed by atoms with E-state index in [-0.39, 0.29) is 21.8 Å². The van der Waals surface area contributed by atoms with Gasteiger partial charge >= 0.3 is 12.1 Å². The van der Waals surface area contributed by atoms with Crippen LogP contribution in [0.4, 0.5) is 4.79 Å². The summed E-state index contributed by atoms with van der Waals surface area (Å²) >= 11 is 0.877. The van der Waals surface area contributed by atoms with Crippen LogP contribution in [0.2, 0.25) is 0 Å². The maximum atomic E-state index is 12.4. The van der Waals surface area contributed by atoms with Gasteiger partial charge in [0.1, 0.15) is 14.6 Å². The Morgan fingerprint density at radius 2 is 2.14 bits per heavy atom. The number of rotatable bonds is 4. The lowest BCUT2D eigenvalue weighted by molar-refractivity contribution is 0.0528. The van der Waals surface area contributed by atoms with Crippen LogP contribution < -0.4 is 4.72 Å². The Morgan fingerprint density at radius 1 is 1.41 bits per heavy atom. The van der Waals surface area contributed by atoms with Crippen LogP contribution >= 0.6 is 11.3 Å². The molecule has 0 aromatic carbocycles. The fourth-order valence-electron chi connectivity index (χ4n) is 1.71. The summed E-state index contributed by atoms with van der Waals surface area (Å²) in [5.41, 5.74) is 0. The first-order valence-corrected chi connectivity index (χ1v) is 8.36. The molecule has 0 unspecified atom stereocenters. The molecule has 22 heavy (non-hydrogen) atoms. The van der Waals surface area contributed by atoms with Gasteiger partial charge in [-0.25, -0.2) is 27.7 Å². The fourth-order valence-corrected chi connectivity index (χ4v) is 4.35. The van der Waals surface area contributed by atoms with Crippen molar-refractivity contribution < 1.29 is 27.5 Å². The molecule has 0 saturated carbocycles. The predicted octanol–water partition coefficient (Wildman–Crippen LogP) is 1.52. The third kappa shape index (κ3) is 3.02. The lowest BCUT2D eigenvalue weighted by atomic mass is 10.3. The molecule has 2 aromatic rings. The molecule has 2 aromatic heterocycles. The van der Waals surface area contributed by atoms with E-state index >= 15 is 0 Å². The zero-order valence-corrected chi connectivity index (χ0v) is 13.3. The summed E-state index contributed by atoms with van der Waals surface area (Å²) in [7, 11) is -3.27. The summed E-state index contributed by atoms with van der Waals surface area (Å²) in [6, 6.07) is 3.02. The van der Waals surface area contributed by atoms with Crippen molar-refractivity contribution in [1.29, 1.82) is 0 Å². The maximum absolute atomic E-state index is 12.4. The summed E-state index contributed by atoms with van der Waals surface area (Å²) in [5.74, 6) is -0.796. The zero-order chi connectivity index (χ0) is 16.3. The van der Waals surface area contributed by atoms with E-state index in [0.717, 1.165) is 18.4 Å². The number of carbonyl (C=O) groups is 2. The number of amides is 1. The van der Waals surface area contributed by atoms with Crippen LogP contribution in [-0.2, 0) is 19.5 Å². The Hall–Kier alpha value is -2.20. The number of sulfonamides is 1. The molecule has 0 aliphatic carbocycles. The highest BCUT2D eigenvalue weighted by atomic mass is 32.2. The Kier molecular flexibility index (Phi) is 4.62. The number of esters is 1. The van der Waals surface area contributed by atoms with Crippen LogP contribution in [0.3, 0.4) is 0 Å². The average Bonchev–Trinajstić information content (AvgIpc) is 2.87. The Bertz CT molecular complexity index is 827. The number of pyridine rings is 1. The molecule has 0 bridgehead atoms. The van der Waals surface area contributed by atoms with Crippen molar-refractivity contribution in [3.63, 3.8) is 0 Å². The van der Waals surface area contributed by atoms with E-state index in [2.05, 4.69) is 9.72 Å². The summed E-state index contributed by atoms with van der Waals surface area (Å²) in [5, 5.41) is 0.229. The number of hydrogen-bond donors (Lipinski definition) is 1. The second-order valence-corrected chi connectivity index (χ2v) is 6.55. The van der Waals surface area contributed by atoms with Gasteiger partial charge in [0, 0.05) is 11.6 Å². The number of fused-ring (bicyclic) bond motifs is 1. The molecule has 0 atom stereocenters. The van der Waals surface area contributed by atoms with Gasteiger partial charge in [0.2, 0.25) is 0 Å². The van der Waals surface area contributed by atoms with Crippen molar-refractivity contribution >= 4 is 43.6 Å². The standard InChI is InChI=1S/C12H12N2O6S2/c1-3-20-11(15)8-9(22(17,18)14-12(16)19-2)7-5-4-6-13-10(7)21-8/h4-6H,3H2,1-2H3,(H,14,16). The first-order chi connectivity index (χ1) is 10.4. The largest absolute Gasteiger partial charge is 0.462 e. The highest BCUT2D eigenvalue weighted by Gasteiger charge is 2.31. The third-order valence-electron chi connectivity index (χ3n) is 2.55. The molecule has 0 aliphatic rings. The lowest BCUT2D eigenvalue weighted by Gasteiger charge is -2.07. The molecule has 2 heterocycles. The van der Waals surface area contributed by atoms with Crippen molar-refractivity contribution in [2.75, 3.05) is 13.7 Å². The van der Waals surface area contributed by atoms with Gasteiger partial charge in [0.15, 0.2) is 0 Å². The quantitative estimate of drug-likeness (QED) is 0.837. The molecule has 10 heteroatoms. The van der Waals surface area contributed by atoms with Gasteiger partial charge in [-0.1, -0.05) is 0 Å². The van der Waals surface area contributed by atoms with Crippen molar-refractivity contribution in [3.8, 4) is 0 Å². The number of hydrogen-bond acceptors (Lipinski definition) is 8. The molecule has 2 rings (SSSR count). The number of ether oxygens (including phenoxy) is 2. The predicted molar refractivity (Wildman–Crippen MR) is 78.3 cm³/mol. The smallest absolute Gasteiger partial charge is 0.420 e. The normalized spacial score (nSPS) is 11.2. The number of thiophene rings is 1. The first-order valence-electron chi connectivity index (χ1n) is 6.06. The highest BCUT2D eigenvalue weighted by Crippen LogP contribution is 2.33. The SMILES string of the molecule is CCOC(=O)c1sc2ncccc2c1S(=O)(=O)NC(=O)OC. The first kappa shape index (κ1) is 16.2. The van der Waals surface area contributed by atoms with Gasteiger partial charge in [-0.3, -0.25) is 0 Å². The summed E-state index contributed by atoms with van der Waals surface area (Å²) in [4.78, 5) is 27.1. The molecule has 118 valence electrons. The number of aromatic nitrogens is 1. The van der Waals surface area contributed by atoms with E-state index < -0.39 is 22.1 Å². The number of nitrogens with zero attached hydrogens (tertiary/aromatic N) is 1. The summed E-state index contributed by atoms with van der Waals surface area (Å²) in [6.45, 7) is 1.69. The second-order valence-electron chi connectivity index (χ2n) is 3.93. The molecule has 1 N–H and O–H groups in total. The topological polar surface area (TPSA) is 112 Å². The fraction of sp³-hybridized carbons (Fsp3) is 0.250. The van der Waals surface area contributed by atoms with E-state index in [1.807, 2.05) is 0 Å². The van der Waals surface area contributed by atoms with Gasteiger partial charge < -0.3 is 9.47 Å². The van der Waals surface area contributed by atoms with E-state index in [4.69, 9.17) is 4.74 Å². The molecular weight excluding hydrogens is 332 g/mol.